The summed E-state index contributed by atoms with van der Waals surface area (Å²) in [6.45, 7) is 7.38. The van der Waals surface area contributed by atoms with Gasteiger partial charge in [-0.25, -0.2) is 0 Å². The molecule has 1 aliphatic rings. The molecule has 20 heavy (non-hydrogen) atoms. The third-order valence-corrected chi connectivity index (χ3v) is 4.18. The molecule has 0 spiro atoms. The Morgan fingerprint density at radius 3 is 2.90 bits per heavy atom. The van der Waals surface area contributed by atoms with Crippen LogP contribution >= 0.6 is 0 Å². The first kappa shape index (κ1) is 13.6. The molecule has 3 rings (SSSR count). The van der Waals surface area contributed by atoms with Gasteiger partial charge >= 0.3 is 0 Å². The third-order valence-electron chi connectivity index (χ3n) is 4.18. The van der Waals surface area contributed by atoms with Crippen molar-refractivity contribution >= 4 is 11.0 Å². The molecule has 0 saturated carbocycles. The standard InChI is InChI=1S/C16H22N2O2/c1-16(2)11-19-8-7-18(16)14(9-17)13-10-20-15-6-4-3-5-12(13)15/h3-6,10,14H,7-9,11,17H2,1-2H3. The second-order valence-corrected chi connectivity index (χ2v) is 6.00. The summed E-state index contributed by atoms with van der Waals surface area (Å²) in [7, 11) is 0. The Bertz CT molecular complexity index is 591. The van der Waals surface area contributed by atoms with E-state index in [4.69, 9.17) is 14.9 Å². The van der Waals surface area contributed by atoms with Crippen LogP contribution in [0.1, 0.15) is 25.5 Å². The zero-order valence-corrected chi connectivity index (χ0v) is 12.1. The van der Waals surface area contributed by atoms with Gasteiger partial charge in [-0.1, -0.05) is 18.2 Å². The van der Waals surface area contributed by atoms with Crippen molar-refractivity contribution in [1.82, 2.24) is 4.90 Å². The molecule has 1 aromatic heterocycles. The largest absolute Gasteiger partial charge is 0.464 e. The fourth-order valence-corrected chi connectivity index (χ4v) is 3.13. The summed E-state index contributed by atoms with van der Waals surface area (Å²) in [4.78, 5) is 2.44. The molecule has 1 aromatic carbocycles. The smallest absolute Gasteiger partial charge is 0.134 e. The molecular formula is C16H22N2O2. The van der Waals surface area contributed by atoms with Gasteiger partial charge in [-0.05, 0) is 19.9 Å². The van der Waals surface area contributed by atoms with Crippen molar-refractivity contribution in [2.24, 2.45) is 5.73 Å². The van der Waals surface area contributed by atoms with E-state index in [-0.39, 0.29) is 11.6 Å². The highest BCUT2D eigenvalue weighted by Gasteiger charge is 2.36. The molecule has 2 aromatic rings. The first-order valence-corrected chi connectivity index (χ1v) is 7.14. The minimum atomic E-state index is -0.0132. The first-order valence-electron chi connectivity index (χ1n) is 7.14. The predicted molar refractivity (Wildman–Crippen MR) is 79.6 cm³/mol. The van der Waals surface area contributed by atoms with Gasteiger partial charge in [0, 0.05) is 29.6 Å². The van der Waals surface area contributed by atoms with Crippen molar-refractivity contribution in [2.75, 3.05) is 26.3 Å². The van der Waals surface area contributed by atoms with E-state index in [0.29, 0.717) is 6.54 Å². The summed E-state index contributed by atoms with van der Waals surface area (Å²) in [5, 5.41) is 1.16. The van der Waals surface area contributed by atoms with Crippen molar-refractivity contribution in [3.05, 3.63) is 36.1 Å². The fraction of sp³-hybridized carbons (Fsp3) is 0.500. The zero-order valence-electron chi connectivity index (χ0n) is 12.1. The Labute approximate surface area is 119 Å². The van der Waals surface area contributed by atoms with E-state index in [9.17, 15) is 0 Å². The van der Waals surface area contributed by atoms with Gasteiger partial charge in [-0.3, -0.25) is 4.90 Å². The van der Waals surface area contributed by atoms with E-state index < -0.39 is 0 Å². The van der Waals surface area contributed by atoms with Crippen LogP contribution in [0.5, 0.6) is 0 Å². The van der Waals surface area contributed by atoms with Crippen LogP contribution in [0.2, 0.25) is 0 Å². The molecule has 0 bridgehead atoms. The molecule has 2 heterocycles. The van der Waals surface area contributed by atoms with Gasteiger partial charge in [-0.15, -0.1) is 0 Å². The molecule has 1 aliphatic heterocycles. The van der Waals surface area contributed by atoms with Crippen molar-refractivity contribution in [2.45, 2.75) is 25.4 Å². The number of benzene rings is 1. The van der Waals surface area contributed by atoms with Gasteiger partial charge in [-0.2, -0.15) is 0 Å². The number of morpholine rings is 1. The van der Waals surface area contributed by atoms with E-state index in [1.807, 2.05) is 24.5 Å². The first-order chi connectivity index (χ1) is 9.63. The molecule has 108 valence electrons. The van der Waals surface area contributed by atoms with Gasteiger partial charge in [0.2, 0.25) is 0 Å². The number of para-hydroxylation sites is 1. The molecule has 1 atom stereocenters. The highest BCUT2D eigenvalue weighted by Crippen LogP contribution is 2.34. The molecular weight excluding hydrogens is 252 g/mol. The molecule has 0 amide bonds. The van der Waals surface area contributed by atoms with Crippen LogP contribution in [0.4, 0.5) is 0 Å². The Balaban J connectivity index is 2.01. The van der Waals surface area contributed by atoms with Crippen LogP contribution in [0.15, 0.2) is 34.9 Å². The zero-order chi connectivity index (χ0) is 14.2. The van der Waals surface area contributed by atoms with Crippen LogP contribution in [0.25, 0.3) is 11.0 Å². The van der Waals surface area contributed by atoms with Crippen LogP contribution in [-0.2, 0) is 4.74 Å². The Kier molecular flexibility index (Phi) is 3.54. The number of rotatable bonds is 3. The van der Waals surface area contributed by atoms with E-state index in [0.717, 1.165) is 30.7 Å². The Morgan fingerprint density at radius 1 is 1.35 bits per heavy atom. The third kappa shape index (κ3) is 2.24. The lowest BCUT2D eigenvalue weighted by atomic mass is 9.95. The number of nitrogens with zero attached hydrogens (tertiary/aromatic N) is 1. The predicted octanol–water partition coefficient (Wildman–Crippen LogP) is 2.54. The van der Waals surface area contributed by atoms with Crippen molar-refractivity contribution < 1.29 is 9.15 Å². The fourth-order valence-electron chi connectivity index (χ4n) is 3.13. The van der Waals surface area contributed by atoms with E-state index in [1.165, 1.54) is 5.56 Å². The molecule has 0 radical (unpaired) electrons. The summed E-state index contributed by atoms with van der Waals surface area (Å²) in [5.74, 6) is 0. The highest BCUT2D eigenvalue weighted by atomic mass is 16.5. The van der Waals surface area contributed by atoms with E-state index in [1.54, 1.807) is 0 Å². The second kappa shape index (κ2) is 5.20. The van der Waals surface area contributed by atoms with Crippen molar-refractivity contribution in [3.8, 4) is 0 Å². The summed E-state index contributed by atoms with van der Waals surface area (Å²) in [6, 6.07) is 8.30. The molecule has 1 saturated heterocycles. The lowest BCUT2D eigenvalue weighted by Gasteiger charge is -2.46. The normalized spacial score (nSPS) is 21.1. The summed E-state index contributed by atoms with van der Waals surface area (Å²) >= 11 is 0. The number of hydrogen-bond acceptors (Lipinski definition) is 4. The maximum Gasteiger partial charge on any atom is 0.134 e. The van der Waals surface area contributed by atoms with E-state index in [2.05, 4.69) is 24.8 Å². The number of hydrogen-bond donors (Lipinski definition) is 1. The van der Waals surface area contributed by atoms with Crippen LogP contribution in [-0.4, -0.2) is 36.7 Å². The number of furan rings is 1. The monoisotopic (exact) mass is 274 g/mol. The lowest BCUT2D eigenvalue weighted by Crippen LogP contribution is -2.55. The van der Waals surface area contributed by atoms with Crippen LogP contribution < -0.4 is 5.73 Å². The topological polar surface area (TPSA) is 51.6 Å². The van der Waals surface area contributed by atoms with Crippen molar-refractivity contribution in [1.29, 1.82) is 0 Å². The van der Waals surface area contributed by atoms with E-state index >= 15 is 0 Å². The van der Waals surface area contributed by atoms with Gasteiger partial charge in [0.15, 0.2) is 0 Å². The Morgan fingerprint density at radius 2 is 2.15 bits per heavy atom. The lowest BCUT2D eigenvalue weighted by molar-refractivity contribution is -0.0711. The summed E-state index contributed by atoms with van der Waals surface area (Å²) in [5.41, 5.74) is 8.17. The van der Waals surface area contributed by atoms with Crippen LogP contribution in [0, 0.1) is 0 Å². The Hall–Kier alpha value is -1.36. The van der Waals surface area contributed by atoms with Crippen molar-refractivity contribution in [3.63, 3.8) is 0 Å². The quantitative estimate of drug-likeness (QED) is 0.934. The molecule has 2 N–H and O–H groups in total. The molecule has 1 unspecified atom stereocenters. The maximum absolute atomic E-state index is 6.08. The summed E-state index contributed by atoms with van der Waals surface area (Å²) in [6.07, 6.45) is 1.85. The molecule has 0 aliphatic carbocycles. The number of nitrogens with two attached hydrogens (primary N) is 1. The molecule has 4 heteroatoms. The van der Waals surface area contributed by atoms with Gasteiger partial charge in [0.05, 0.1) is 25.5 Å². The average Bonchev–Trinajstić information content (AvgIpc) is 2.85. The second-order valence-electron chi connectivity index (χ2n) is 6.00. The van der Waals surface area contributed by atoms with Crippen LogP contribution in [0.3, 0.4) is 0 Å². The number of ether oxygens (including phenoxy) is 1. The molecule has 1 fully saturated rings. The van der Waals surface area contributed by atoms with Gasteiger partial charge in [0.1, 0.15) is 5.58 Å². The average molecular weight is 274 g/mol. The SMILES string of the molecule is CC1(C)COCCN1C(CN)c1coc2ccccc12. The molecule has 4 nitrogen and oxygen atoms in total. The minimum absolute atomic E-state index is 0.0132. The minimum Gasteiger partial charge on any atom is -0.464 e. The van der Waals surface area contributed by atoms with Gasteiger partial charge in [0.25, 0.3) is 0 Å². The summed E-state index contributed by atoms with van der Waals surface area (Å²) < 4.78 is 11.3. The maximum atomic E-state index is 6.08. The highest BCUT2D eigenvalue weighted by molar-refractivity contribution is 5.81. The van der Waals surface area contributed by atoms with Gasteiger partial charge < -0.3 is 14.9 Å². The number of fused-ring (bicyclic) bond motifs is 1.